The van der Waals surface area contributed by atoms with E-state index in [1.165, 1.54) is 0 Å². The Labute approximate surface area is 121 Å². The molecule has 0 aliphatic carbocycles. The summed E-state index contributed by atoms with van der Waals surface area (Å²) >= 11 is 0. The van der Waals surface area contributed by atoms with E-state index in [-0.39, 0.29) is 17.9 Å². The van der Waals surface area contributed by atoms with E-state index in [0.717, 1.165) is 0 Å². The van der Waals surface area contributed by atoms with Gasteiger partial charge in [0.15, 0.2) is 0 Å². The van der Waals surface area contributed by atoms with Crippen LogP contribution in [0.25, 0.3) is 0 Å². The lowest BCUT2D eigenvalue weighted by molar-refractivity contribution is -0.138. The lowest BCUT2D eigenvalue weighted by atomic mass is 10.1. The van der Waals surface area contributed by atoms with Crippen LogP contribution < -0.4 is 16.0 Å². The molecule has 0 spiro atoms. The van der Waals surface area contributed by atoms with Crippen molar-refractivity contribution in [2.24, 2.45) is 0 Å². The van der Waals surface area contributed by atoms with Crippen LogP contribution in [0.15, 0.2) is 30.3 Å². The maximum Gasteiger partial charge on any atom is 0.322 e. The first kappa shape index (κ1) is 15.0. The van der Waals surface area contributed by atoms with Crippen molar-refractivity contribution in [1.29, 1.82) is 0 Å². The van der Waals surface area contributed by atoms with E-state index in [4.69, 9.17) is 5.11 Å². The van der Waals surface area contributed by atoms with Gasteiger partial charge < -0.3 is 21.1 Å². The van der Waals surface area contributed by atoms with Crippen LogP contribution in [0.5, 0.6) is 0 Å². The lowest BCUT2D eigenvalue weighted by Gasteiger charge is -2.12. The summed E-state index contributed by atoms with van der Waals surface area (Å²) in [7, 11) is 0. The van der Waals surface area contributed by atoms with E-state index in [0.29, 0.717) is 18.5 Å². The van der Waals surface area contributed by atoms with E-state index in [1.54, 1.807) is 24.3 Å². The molecule has 21 heavy (non-hydrogen) atoms. The summed E-state index contributed by atoms with van der Waals surface area (Å²) in [5, 5.41) is 16.6. The SMILES string of the molecule is O=C(O)CNC(=O)[C@@H]1C[C@H](NC(=O)c2ccccc2)CN1. The molecular formula is C14H17N3O4. The Balaban J connectivity index is 1.81. The Morgan fingerprint density at radius 3 is 2.62 bits per heavy atom. The molecule has 4 N–H and O–H groups in total. The number of carboxylic acid groups (broad SMARTS) is 1. The second kappa shape index (κ2) is 6.85. The average molecular weight is 291 g/mol. The number of nitrogens with one attached hydrogen (secondary N) is 3. The van der Waals surface area contributed by atoms with Crippen LogP contribution in [-0.4, -0.2) is 48.1 Å². The number of carbonyl (C=O) groups is 3. The molecule has 1 aliphatic heterocycles. The minimum atomic E-state index is -1.09. The van der Waals surface area contributed by atoms with Crippen LogP contribution in [-0.2, 0) is 9.59 Å². The highest BCUT2D eigenvalue weighted by Crippen LogP contribution is 2.08. The zero-order valence-corrected chi connectivity index (χ0v) is 11.3. The van der Waals surface area contributed by atoms with E-state index < -0.39 is 18.6 Å². The Kier molecular flexibility index (Phi) is 4.89. The maximum atomic E-state index is 12.0. The van der Waals surface area contributed by atoms with Crippen LogP contribution in [0.4, 0.5) is 0 Å². The Hall–Kier alpha value is -2.41. The molecule has 2 atom stereocenters. The number of rotatable bonds is 5. The number of carboxylic acids is 1. The molecule has 1 aliphatic rings. The molecule has 1 heterocycles. The highest BCUT2D eigenvalue weighted by Gasteiger charge is 2.30. The van der Waals surface area contributed by atoms with Gasteiger partial charge in [0.1, 0.15) is 6.54 Å². The van der Waals surface area contributed by atoms with E-state index in [1.807, 2.05) is 6.07 Å². The first-order valence-electron chi connectivity index (χ1n) is 6.65. The van der Waals surface area contributed by atoms with Crippen molar-refractivity contribution < 1.29 is 19.5 Å². The second-order valence-corrected chi connectivity index (χ2v) is 4.84. The maximum absolute atomic E-state index is 12.0. The van der Waals surface area contributed by atoms with Gasteiger partial charge in [-0.3, -0.25) is 14.4 Å². The summed E-state index contributed by atoms with van der Waals surface area (Å²) < 4.78 is 0. The van der Waals surface area contributed by atoms with E-state index >= 15 is 0 Å². The standard InChI is InChI=1S/C14H17N3O4/c18-12(19)8-16-14(21)11-6-10(7-15-11)17-13(20)9-4-2-1-3-5-9/h1-5,10-11,15H,6-8H2,(H,16,21)(H,17,20)(H,18,19)/t10-,11-/m0/s1. The third-order valence-corrected chi connectivity index (χ3v) is 3.23. The quantitative estimate of drug-likeness (QED) is 0.576. The molecule has 0 unspecified atom stereocenters. The monoisotopic (exact) mass is 291 g/mol. The van der Waals surface area contributed by atoms with Gasteiger partial charge in [-0.25, -0.2) is 0 Å². The molecular weight excluding hydrogens is 274 g/mol. The normalized spacial score (nSPS) is 20.8. The van der Waals surface area contributed by atoms with Crippen molar-refractivity contribution >= 4 is 17.8 Å². The molecule has 2 amide bonds. The minimum Gasteiger partial charge on any atom is -0.480 e. The summed E-state index contributed by atoms with van der Waals surface area (Å²) in [5.74, 6) is -1.64. The van der Waals surface area contributed by atoms with E-state index in [9.17, 15) is 14.4 Å². The summed E-state index contributed by atoms with van der Waals surface area (Å²) in [5.41, 5.74) is 0.566. The predicted octanol–water partition coefficient (Wildman–Crippen LogP) is -0.652. The molecule has 1 aromatic carbocycles. The zero-order chi connectivity index (χ0) is 15.2. The van der Waals surface area contributed by atoms with Gasteiger partial charge in [-0.2, -0.15) is 0 Å². The molecule has 1 aromatic rings. The molecule has 0 bridgehead atoms. The smallest absolute Gasteiger partial charge is 0.322 e. The van der Waals surface area contributed by atoms with Gasteiger partial charge in [0.2, 0.25) is 5.91 Å². The predicted molar refractivity (Wildman–Crippen MR) is 74.7 cm³/mol. The van der Waals surface area contributed by atoms with Crippen LogP contribution in [0.2, 0.25) is 0 Å². The summed E-state index contributed by atoms with van der Waals surface area (Å²) in [6.45, 7) is 0.0712. The second-order valence-electron chi connectivity index (χ2n) is 4.84. The molecule has 0 aromatic heterocycles. The fraction of sp³-hybridized carbons (Fsp3) is 0.357. The first-order chi connectivity index (χ1) is 10.1. The highest BCUT2D eigenvalue weighted by atomic mass is 16.4. The summed E-state index contributed by atoms with van der Waals surface area (Å²) in [4.78, 5) is 34.1. The minimum absolute atomic E-state index is 0.154. The highest BCUT2D eigenvalue weighted by molar-refractivity contribution is 5.94. The summed E-state index contributed by atoms with van der Waals surface area (Å²) in [6, 6.07) is 8.19. The average Bonchev–Trinajstić information content (AvgIpc) is 2.94. The van der Waals surface area contributed by atoms with Gasteiger partial charge in [0.25, 0.3) is 5.91 Å². The Morgan fingerprint density at radius 2 is 1.95 bits per heavy atom. The fourth-order valence-corrected chi connectivity index (χ4v) is 2.19. The van der Waals surface area contributed by atoms with Crippen LogP contribution >= 0.6 is 0 Å². The van der Waals surface area contributed by atoms with Crippen molar-refractivity contribution in [2.45, 2.75) is 18.5 Å². The third-order valence-electron chi connectivity index (χ3n) is 3.23. The van der Waals surface area contributed by atoms with Gasteiger partial charge in [-0.15, -0.1) is 0 Å². The molecule has 2 rings (SSSR count). The molecule has 1 saturated heterocycles. The van der Waals surface area contributed by atoms with Crippen LogP contribution in [0.1, 0.15) is 16.8 Å². The molecule has 7 heteroatoms. The topological polar surface area (TPSA) is 108 Å². The molecule has 112 valence electrons. The van der Waals surface area contributed by atoms with Crippen molar-refractivity contribution in [3.05, 3.63) is 35.9 Å². The molecule has 7 nitrogen and oxygen atoms in total. The lowest BCUT2D eigenvalue weighted by Crippen LogP contribution is -2.42. The van der Waals surface area contributed by atoms with Crippen LogP contribution in [0.3, 0.4) is 0 Å². The number of benzene rings is 1. The van der Waals surface area contributed by atoms with Gasteiger partial charge in [0, 0.05) is 18.2 Å². The number of amides is 2. The Morgan fingerprint density at radius 1 is 1.24 bits per heavy atom. The molecule has 1 fully saturated rings. The largest absolute Gasteiger partial charge is 0.480 e. The van der Waals surface area contributed by atoms with Gasteiger partial charge in [-0.1, -0.05) is 18.2 Å². The Bertz CT molecular complexity index is 532. The number of carbonyl (C=O) groups excluding carboxylic acids is 2. The first-order valence-corrected chi connectivity index (χ1v) is 6.65. The van der Waals surface area contributed by atoms with E-state index in [2.05, 4.69) is 16.0 Å². The van der Waals surface area contributed by atoms with Crippen LogP contribution in [0, 0.1) is 0 Å². The fourth-order valence-electron chi connectivity index (χ4n) is 2.19. The molecule has 0 saturated carbocycles. The zero-order valence-electron chi connectivity index (χ0n) is 11.3. The van der Waals surface area contributed by atoms with Crippen molar-refractivity contribution in [3.8, 4) is 0 Å². The number of hydrogen-bond acceptors (Lipinski definition) is 4. The van der Waals surface area contributed by atoms with Crippen molar-refractivity contribution in [2.75, 3.05) is 13.1 Å². The van der Waals surface area contributed by atoms with Crippen molar-refractivity contribution in [1.82, 2.24) is 16.0 Å². The number of hydrogen-bond donors (Lipinski definition) is 4. The number of aliphatic carboxylic acids is 1. The van der Waals surface area contributed by atoms with Gasteiger partial charge >= 0.3 is 5.97 Å². The molecule has 0 radical (unpaired) electrons. The van der Waals surface area contributed by atoms with Crippen molar-refractivity contribution in [3.63, 3.8) is 0 Å². The van der Waals surface area contributed by atoms with Gasteiger partial charge in [-0.05, 0) is 18.6 Å². The van der Waals surface area contributed by atoms with Gasteiger partial charge in [0.05, 0.1) is 6.04 Å². The third kappa shape index (κ3) is 4.28. The summed E-state index contributed by atoms with van der Waals surface area (Å²) in [6.07, 6.45) is 0.435.